The molecule has 1 saturated carbocycles. The molecule has 0 aromatic carbocycles. The normalized spacial score (nSPS) is 23.5. The van der Waals surface area contributed by atoms with Gasteiger partial charge in [0, 0.05) is 5.25 Å². The van der Waals surface area contributed by atoms with Crippen LogP contribution in [0.15, 0.2) is 9.59 Å². The molecule has 0 radical (unpaired) electrons. The van der Waals surface area contributed by atoms with Crippen molar-refractivity contribution < 1.29 is 0 Å². The molecular formula is C12H17ClN2O2S. The van der Waals surface area contributed by atoms with Gasteiger partial charge in [-0.25, -0.2) is 4.79 Å². The maximum atomic E-state index is 12.3. The van der Waals surface area contributed by atoms with Gasteiger partial charge in [-0.05, 0) is 25.5 Å². The monoisotopic (exact) mass is 288 g/mol. The van der Waals surface area contributed by atoms with E-state index in [4.69, 9.17) is 11.6 Å². The van der Waals surface area contributed by atoms with E-state index in [9.17, 15) is 9.59 Å². The molecule has 0 amide bonds. The topological polar surface area (TPSA) is 54.9 Å². The smallest absolute Gasteiger partial charge is 0.297 e. The van der Waals surface area contributed by atoms with Crippen LogP contribution in [-0.4, -0.2) is 21.1 Å². The molecule has 100 valence electrons. The van der Waals surface area contributed by atoms with Crippen LogP contribution in [0.5, 0.6) is 0 Å². The standard InChI is InChI=1S/C12H17ClN2O2S/c1-3-7-10(13)14-12(17)15(11(7)16)8-5-4-6-9(8)18-2/h8-9H,3-6H2,1-2H3,(H,14,17). The van der Waals surface area contributed by atoms with E-state index in [-0.39, 0.29) is 22.4 Å². The van der Waals surface area contributed by atoms with Gasteiger partial charge in [-0.1, -0.05) is 24.9 Å². The van der Waals surface area contributed by atoms with Crippen LogP contribution in [0.1, 0.15) is 37.8 Å². The molecule has 2 unspecified atom stereocenters. The Kier molecular flexibility index (Phi) is 4.22. The first-order chi connectivity index (χ1) is 8.60. The summed E-state index contributed by atoms with van der Waals surface area (Å²) in [5.74, 6) is 0. The van der Waals surface area contributed by atoms with Gasteiger partial charge in [0.1, 0.15) is 5.15 Å². The molecule has 2 rings (SSSR count). The van der Waals surface area contributed by atoms with Crippen LogP contribution < -0.4 is 11.2 Å². The summed E-state index contributed by atoms with van der Waals surface area (Å²) in [6.07, 6.45) is 5.57. The Morgan fingerprint density at radius 1 is 1.44 bits per heavy atom. The Morgan fingerprint density at radius 3 is 2.78 bits per heavy atom. The summed E-state index contributed by atoms with van der Waals surface area (Å²) in [6, 6.07) is -0.00110. The molecule has 0 aliphatic heterocycles. The lowest BCUT2D eigenvalue weighted by Crippen LogP contribution is -2.41. The second-order valence-corrected chi connectivity index (χ2v) is 5.98. The Bertz CT molecular complexity index is 552. The summed E-state index contributed by atoms with van der Waals surface area (Å²) in [5.41, 5.74) is -0.103. The maximum Gasteiger partial charge on any atom is 0.329 e. The van der Waals surface area contributed by atoms with Crippen LogP contribution in [0.25, 0.3) is 0 Å². The summed E-state index contributed by atoms with van der Waals surface area (Å²) >= 11 is 7.63. The third-order valence-electron chi connectivity index (χ3n) is 3.58. The highest BCUT2D eigenvalue weighted by Crippen LogP contribution is 2.35. The molecule has 1 aromatic rings. The molecule has 1 heterocycles. The molecule has 0 saturated heterocycles. The third kappa shape index (κ3) is 2.26. The third-order valence-corrected chi connectivity index (χ3v) is 5.06. The van der Waals surface area contributed by atoms with Crippen molar-refractivity contribution in [3.63, 3.8) is 0 Å². The number of thioether (sulfide) groups is 1. The van der Waals surface area contributed by atoms with Gasteiger partial charge in [-0.2, -0.15) is 11.8 Å². The summed E-state index contributed by atoms with van der Waals surface area (Å²) in [6.45, 7) is 1.87. The first-order valence-electron chi connectivity index (χ1n) is 6.16. The van der Waals surface area contributed by atoms with Crippen molar-refractivity contribution in [2.24, 2.45) is 0 Å². The second-order valence-electron chi connectivity index (χ2n) is 4.52. The van der Waals surface area contributed by atoms with Crippen LogP contribution in [0.3, 0.4) is 0 Å². The van der Waals surface area contributed by atoms with Crippen molar-refractivity contribution in [1.82, 2.24) is 9.55 Å². The zero-order valence-electron chi connectivity index (χ0n) is 10.5. The molecule has 1 aromatic heterocycles. The van der Waals surface area contributed by atoms with Gasteiger partial charge in [0.15, 0.2) is 0 Å². The fourth-order valence-electron chi connectivity index (χ4n) is 2.65. The number of hydrogen-bond acceptors (Lipinski definition) is 3. The lowest BCUT2D eigenvalue weighted by molar-refractivity contribution is 0.484. The largest absolute Gasteiger partial charge is 0.329 e. The Morgan fingerprint density at radius 2 is 2.17 bits per heavy atom. The zero-order chi connectivity index (χ0) is 13.3. The van der Waals surface area contributed by atoms with E-state index in [1.807, 2.05) is 13.2 Å². The fourth-order valence-corrected chi connectivity index (χ4v) is 3.92. The van der Waals surface area contributed by atoms with Gasteiger partial charge in [0.2, 0.25) is 0 Å². The van der Waals surface area contributed by atoms with Crippen molar-refractivity contribution in [1.29, 1.82) is 0 Å². The first-order valence-corrected chi connectivity index (χ1v) is 7.82. The first kappa shape index (κ1) is 13.7. The molecular weight excluding hydrogens is 272 g/mol. The van der Waals surface area contributed by atoms with E-state index in [0.29, 0.717) is 17.2 Å². The average Bonchev–Trinajstić information content (AvgIpc) is 2.77. The van der Waals surface area contributed by atoms with Gasteiger partial charge >= 0.3 is 5.69 Å². The van der Waals surface area contributed by atoms with E-state index in [2.05, 4.69) is 4.98 Å². The van der Waals surface area contributed by atoms with Gasteiger partial charge in [0.05, 0.1) is 11.6 Å². The number of nitrogens with one attached hydrogen (secondary N) is 1. The predicted molar refractivity (Wildman–Crippen MR) is 75.9 cm³/mol. The highest BCUT2D eigenvalue weighted by Gasteiger charge is 2.31. The second kappa shape index (κ2) is 5.53. The number of aromatic nitrogens is 2. The number of halogens is 1. The van der Waals surface area contributed by atoms with Crippen molar-refractivity contribution in [2.75, 3.05) is 6.26 Å². The Balaban J connectivity index is 2.57. The minimum absolute atomic E-state index is 0.00110. The van der Waals surface area contributed by atoms with E-state index >= 15 is 0 Å². The summed E-state index contributed by atoms with van der Waals surface area (Å²) in [4.78, 5) is 26.9. The van der Waals surface area contributed by atoms with Crippen molar-refractivity contribution in [3.8, 4) is 0 Å². The predicted octanol–water partition coefficient (Wildman–Crippen LogP) is 2.21. The Labute approximate surface area is 115 Å². The van der Waals surface area contributed by atoms with Crippen LogP contribution in [-0.2, 0) is 6.42 Å². The highest BCUT2D eigenvalue weighted by molar-refractivity contribution is 7.99. The van der Waals surface area contributed by atoms with Gasteiger partial charge < -0.3 is 0 Å². The maximum absolute atomic E-state index is 12.3. The van der Waals surface area contributed by atoms with Crippen molar-refractivity contribution in [3.05, 3.63) is 31.6 Å². The van der Waals surface area contributed by atoms with Crippen molar-refractivity contribution in [2.45, 2.75) is 43.9 Å². The van der Waals surface area contributed by atoms with Gasteiger partial charge in [0.25, 0.3) is 5.56 Å². The van der Waals surface area contributed by atoms with Crippen LogP contribution in [0, 0.1) is 0 Å². The Hall–Kier alpha value is -0.680. The molecule has 2 atom stereocenters. The van der Waals surface area contributed by atoms with Crippen LogP contribution in [0.4, 0.5) is 0 Å². The number of hydrogen-bond donors (Lipinski definition) is 1. The summed E-state index contributed by atoms with van der Waals surface area (Å²) in [7, 11) is 0. The van der Waals surface area contributed by atoms with E-state index in [1.54, 1.807) is 11.8 Å². The molecule has 6 heteroatoms. The summed E-state index contributed by atoms with van der Waals surface area (Å²) in [5, 5.41) is 0.525. The SMILES string of the molecule is CCc1c(Cl)[nH]c(=O)n(C2CCCC2SC)c1=O. The number of H-pyrrole nitrogens is 1. The molecule has 1 aliphatic carbocycles. The van der Waals surface area contributed by atoms with Crippen LogP contribution in [0.2, 0.25) is 5.15 Å². The average molecular weight is 289 g/mol. The lowest BCUT2D eigenvalue weighted by atomic mass is 10.2. The van der Waals surface area contributed by atoms with Gasteiger partial charge in [-0.3, -0.25) is 14.3 Å². The molecule has 0 spiro atoms. The molecule has 1 fully saturated rings. The minimum Gasteiger partial charge on any atom is -0.297 e. The zero-order valence-corrected chi connectivity index (χ0v) is 12.1. The van der Waals surface area contributed by atoms with E-state index in [0.717, 1.165) is 19.3 Å². The lowest BCUT2D eigenvalue weighted by Gasteiger charge is -2.20. The molecule has 4 nitrogen and oxygen atoms in total. The minimum atomic E-state index is -0.381. The molecule has 1 aliphatic rings. The summed E-state index contributed by atoms with van der Waals surface area (Å²) < 4.78 is 1.37. The number of rotatable bonds is 3. The number of nitrogens with zero attached hydrogens (tertiary/aromatic N) is 1. The quantitative estimate of drug-likeness (QED) is 0.868. The number of aromatic amines is 1. The van der Waals surface area contributed by atoms with Crippen molar-refractivity contribution >= 4 is 23.4 Å². The van der Waals surface area contributed by atoms with Crippen LogP contribution >= 0.6 is 23.4 Å². The molecule has 1 N–H and O–H groups in total. The van der Waals surface area contributed by atoms with E-state index in [1.165, 1.54) is 4.57 Å². The van der Waals surface area contributed by atoms with Gasteiger partial charge in [-0.15, -0.1) is 0 Å². The molecule has 0 bridgehead atoms. The highest BCUT2D eigenvalue weighted by atomic mass is 35.5. The molecule has 18 heavy (non-hydrogen) atoms. The fraction of sp³-hybridized carbons (Fsp3) is 0.667. The van der Waals surface area contributed by atoms with E-state index < -0.39 is 0 Å².